The molecule has 0 aliphatic carbocycles. The van der Waals surface area contributed by atoms with Crippen LogP contribution in [0.2, 0.25) is 0 Å². The van der Waals surface area contributed by atoms with Gasteiger partial charge in [0, 0.05) is 0 Å². The van der Waals surface area contributed by atoms with Crippen LogP contribution in [0.15, 0.2) is 5.18 Å². The molecule has 0 fully saturated rings. The Morgan fingerprint density at radius 2 is 0.826 bits per heavy atom. The van der Waals surface area contributed by atoms with E-state index in [4.69, 9.17) is 0 Å². The maximum atomic E-state index is 10.9. The first-order chi connectivity index (χ1) is 11.3. The molecule has 1 unspecified atom stereocenters. The molecule has 2 nitrogen and oxygen atoms in total. The van der Waals surface area contributed by atoms with Crippen LogP contribution in [-0.4, -0.2) is 6.04 Å². The molecule has 1 atom stereocenters. The van der Waals surface area contributed by atoms with Gasteiger partial charge in [-0.25, -0.2) is 0 Å². The summed E-state index contributed by atoms with van der Waals surface area (Å²) in [5.41, 5.74) is 0. The van der Waals surface area contributed by atoms with Crippen molar-refractivity contribution in [2.45, 2.75) is 135 Å². The fraction of sp³-hybridized carbons (Fsp3) is 1.00. The minimum Gasteiger partial charge on any atom is -0.151 e. The van der Waals surface area contributed by atoms with Crippen molar-refractivity contribution < 1.29 is 0 Å². The zero-order valence-electron chi connectivity index (χ0n) is 16.2. The van der Waals surface area contributed by atoms with Crippen LogP contribution in [0.5, 0.6) is 0 Å². The number of hydrogen-bond donors (Lipinski definition) is 0. The molecular formula is C21H43NO. The molecule has 0 aliphatic heterocycles. The van der Waals surface area contributed by atoms with E-state index in [1.165, 1.54) is 103 Å². The second-order valence-electron chi connectivity index (χ2n) is 7.29. The van der Waals surface area contributed by atoms with Crippen molar-refractivity contribution in [1.29, 1.82) is 0 Å². The average Bonchev–Trinajstić information content (AvgIpc) is 2.57. The van der Waals surface area contributed by atoms with Crippen LogP contribution < -0.4 is 0 Å². The van der Waals surface area contributed by atoms with E-state index in [1.807, 2.05) is 0 Å². The molecule has 0 spiro atoms. The van der Waals surface area contributed by atoms with Crippen LogP contribution >= 0.6 is 0 Å². The first kappa shape index (κ1) is 22.6. The molecular weight excluding hydrogens is 282 g/mol. The smallest absolute Gasteiger partial charge is 0.0919 e. The van der Waals surface area contributed by atoms with Crippen molar-refractivity contribution in [2.24, 2.45) is 5.18 Å². The van der Waals surface area contributed by atoms with Gasteiger partial charge in [0.05, 0.1) is 6.04 Å². The van der Waals surface area contributed by atoms with Crippen molar-refractivity contribution in [3.8, 4) is 0 Å². The van der Waals surface area contributed by atoms with Gasteiger partial charge in [-0.3, -0.25) is 0 Å². The topological polar surface area (TPSA) is 29.4 Å². The second kappa shape index (κ2) is 19.6. The SMILES string of the molecule is CCCCCCCCCCCC(CCCCCCCCC)N=O. The third kappa shape index (κ3) is 17.8. The molecule has 0 saturated carbocycles. The van der Waals surface area contributed by atoms with Crippen LogP contribution in [0, 0.1) is 4.91 Å². The molecule has 0 aromatic rings. The van der Waals surface area contributed by atoms with Gasteiger partial charge < -0.3 is 0 Å². The molecule has 0 N–H and O–H groups in total. The lowest BCUT2D eigenvalue weighted by Crippen LogP contribution is -2.03. The lowest BCUT2D eigenvalue weighted by molar-refractivity contribution is 0.480. The fourth-order valence-electron chi connectivity index (χ4n) is 3.28. The number of nitrogens with zero attached hydrogens (tertiary/aromatic N) is 1. The summed E-state index contributed by atoms with van der Waals surface area (Å²) in [5, 5.41) is 3.35. The molecule has 23 heavy (non-hydrogen) atoms. The predicted octanol–water partition coefficient (Wildman–Crippen LogP) is 8.18. The van der Waals surface area contributed by atoms with Crippen molar-refractivity contribution in [3.63, 3.8) is 0 Å². The Bertz CT molecular complexity index is 230. The van der Waals surface area contributed by atoms with E-state index in [0.717, 1.165) is 12.8 Å². The van der Waals surface area contributed by atoms with E-state index in [0.29, 0.717) is 0 Å². The number of rotatable bonds is 19. The Morgan fingerprint density at radius 3 is 1.13 bits per heavy atom. The molecule has 0 heterocycles. The number of nitroso groups, excluding NO2 is 1. The summed E-state index contributed by atoms with van der Waals surface area (Å²) in [7, 11) is 0. The molecule has 0 aliphatic rings. The summed E-state index contributed by atoms with van der Waals surface area (Å²) < 4.78 is 0. The molecule has 0 aromatic carbocycles. The zero-order valence-corrected chi connectivity index (χ0v) is 16.2. The zero-order chi connectivity index (χ0) is 17.0. The summed E-state index contributed by atoms with van der Waals surface area (Å²) in [4.78, 5) is 10.9. The van der Waals surface area contributed by atoms with E-state index in [2.05, 4.69) is 19.0 Å². The highest BCUT2D eigenvalue weighted by molar-refractivity contribution is 4.66. The van der Waals surface area contributed by atoms with Crippen molar-refractivity contribution in [1.82, 2.24) is 0 Å². The van der Waals surface area contributed by atoms with E-state index >= 15 is 0 Å². The van der Waals surface area contributed by atoms with Crippen molar-refractivity contribution in [2.75, 3.05) is 0 Å². The number of hydrogen-bond acceptors (Lipinski definition) is 2. The van der Waals surface area contributed by atoms with Gasteiger partial charge >= 0.3 is 0 Å². The Morgan fingerprint density at radius 1 is 0.522 bits per heavy atom. The highest BCUT2D eigenvalue weighted by Gasteiger charge is 2.07. The largest absolute Gasteiger partial charge is 0.151 e. The lowest BCUT2D eigenvalue weighted by atomic mass is 10.0. The van der Waals surface area contributed by atoms with Gasteiger partial charge in [-0.15, -0.1) is 0 Å². The predicted molar refractivity (Wildman–Crippen MR) is 104 cm³/mol. The van der Waals surface area contributed by atoms with Crippen LogP contribution in [0.1, 0.15) is 129 Å². The summed E-state index contributed by atoms with van der Waals surface area (Å²) in [6, 6.07) is 0.0928. The standard InChI is InChI=1S/C21H43NO/c1-3-5-7-9-11-12-14-16-18-20-21(22-23)19-17-15-13-10-8-6-4-2/h21H,3-20H2,1-2H3. The summed E-state index contributed by atoms with van der Waals surface area (Å²) >= 11 is 0. The molecule has 0 bridgehead atoms. The van der Waals surface area contributed by atoms with Gasteiger partial charge in [-0.05, 0) is 12.8 Å². The van der Waals surface area contributed by atoms with E-state index in [-0.39, 0.29) is 6.04 Å². The van der Waals surface area contributed by atoms with Crippen LogP contribution in [-0.2, 0) is 0 Å². The molecule has 138 valence electrons. The van der Waals surface area contributed by atoms with Gasteiger partial charge in [0.1, 0.15) is 0 Å². The summed E-state index contributed by atoms with van der Waals surface area (Å²) in [5.74, 6) is 0. The Hall–Kier alpha value is -0.400. The van der Waals surface area contributed by atoms with Crippen LogP contribution in [0.25, 0.3) is 0 Å². The highest BCUT2D eigenvalue weighted by Crippen LogP contribution is 2.17. The monoisotopic (exact) mass is 325 g/mol. The first-order valence-corrected chi connectivity index (χ1v) is 10.7. The molecule has 0 saturated heterocycles. The van der Waals surface area contributed by atoms with Crippen LogP contribution in [0.3, 0.4) is 0 Å². The fourth-order valence-corrected chi connectivity index (χ4v) is 3.28. The van der Waals surface area contributed by atoms with Gasteiger partial charge in [0.25, 0.3) is 0 Å². The van der Waals surface area contributed by atoms with Crippen molar-refractivity contribution >= 4 is 0 Å². The van der Waals surface area contributed by atoms with Crippen LogP contribution in [0.4, 0.5) is 0 Å². The Balaban J connectivity index is 3.30. The quantitative estimate of drug-likeness (QED) is 0.174. The van der Waals surface area contributed by atoms with E-state index < -0.39 is 0 Å². The maximum Gasteiger partial charge on any atom is 0.0919 e. The second-order valence-corrected chi connectivity index (χ2v) is 7.29. The van der Waals surface area contributed by atoms with E-state index in [1.54, 1.807) is 0 Å². The summed E-state index contributed by atoms with van der Waals surface area (Å²) in [6.07, 6.45) is 23.4. The van der Waals surface area contributed by atoms with Gasteiger partial charge in [0.2, 0.25) is 0 Å². The lowest BCUT2D eigenvalue weighted by Gasteiger charge is -2.09. The molecule has 0 rings (SSSR count). The minimum atomic E-state index is 0.0928. The van der Waals surface area contributed by atoms with E-state index in [9.17, 15) is 4.91 Å². The minimum absolute atomic E-state index is 0.0928. The molecule has 0 amide bonds. The Kier molecular flexibility index (Phi) is 19.3. The molecule has 0 aromatic heterocycles. The Labute approximate surface area is 146 Å². The first-order valence-electron chi connectivity index (χ1n) is 10.7. The highest BCUT2D eigenvalue weighted by atomic mass is 16.3. The normalized spacial score (nSPS) is 12.4. The van der Waals surface area contributed by atoms with Gasteiger partial charge in [-0.1, -0.05) is 122 Å². The van der Waals surface area contributed by atoms with Gasteiger partial charge in [0.15, 0.2) is 0 Å². The summed E-state index contributed by atoms with van der Waals surface area (Å²) in [6.45, 7) is 4.52. The third-order valence-corrected chi connectivity index (χ3v) is 4.93. The molecule has 0 radical (unpaired) electrons. The third-order valence-electron chi connectivity index (χ3n) is 4.93. The van der Waals surface area contributed by atoms with Gasteiger partial charge in [-0.2, -0.15) is 4.91 Å². The molecule has 2 heteroatoms. The van der Waals surface area contributed by atoms with Crippen molar-refractivity contribution in [3.05, 3.63) is 4.91 Å². The average molecular weight is 326 g/mol. The number of unbranched alkanes of at least 4 members (excludes halogenated alkanes) is 14. The maximum absolute atomic E-state index is 10.9.